The van der Waals surface area contributed by atoms with Crippen molar-refractivity contribution in [3.05, 3.63) is 94.6 Å². The number of aromatic nitrogens is 5. The SMILES string of the molecule is C=CC(=O)N1CCn2nc(-c3nc(-c4cnn(C5CN(C)C5)c(=O)c4)c4ccsc4c3/C(C(=C)OCCOC)=C(F)/C=C/F)cc2[C@H]1C. The van der Waals surface area contributed by atoms with Crippen LogP contribution in [0.2, 0.25) is 0 Å². The van der Waals surface area contributed by atoms with Gasteiger partial charge in [0.15, 0.2) is 0 Å². The van der Waals surface area contributed by atoms with E-state index in [4.69, 9.17) is 19.6 Å². The van der Waals surface area contributed by atoms with Crippen LogP contribution in [0, 0.1) is 0 Å². The maximum absolute atomic E-state index is 16.0. The van der Waals surface area contributed by atoms with Crippen LogP contribution in [0.15, 0.2) is 77.8 Å². The smallest absolute Gasteiger partial charge is 0.267 e. The van der Waals surface area contributed by atoms with Crippen LogP contribution < -0.4 is 5.56 Å². The van der Waals surface area contributed by atoms with Gasteiger partial charge in [0.05, 0.1) is 54.7 Å². The van der Waals surface area contributed by atoms with Crippen LogP contribution in [-0.2, 0) is 20.8 Å². The summed E-state index contributed by atoms with van der Waals surface area (Å²) in [5.41, 5.74) is 2.23. The molecule has 0 aliphatic carbocycles. The van der Waals surface area contributed by atoms with Crippen molar-refractivity contribution in [1.29, 1.82) is 0 Å². The molecule has 14 heteroatoms. The molecule has 0 aromatic carbocycles. The van der Waals surface area contributed by atoms with Gasteiger partial charge >= 0.3 is 0 Å². The number of nitrogens with zero attached hydrogens (tertiary/aromatic N) is 7. The molecule has 1 fully saturated rings. The van der Waals surface area contributed by atoms with Gasteiger partial charge in [0, 0.05) is 60.1 Å². The van der Waals surface area contributed by atoms with Gasteiger partial charge < -0.3 is 19.3 Å². The molecule has 0 unspecified atom stereocenters. The first-order valence-electron chi connectivity index (χ1n) is 15.3. The fourth-order valence-electron chi connectivity index (χ4n) is 6.19. The van der Waals surface area contributed by atoms with Crippen LogP contribution in [0.4, 0.5) is 8.78 Å². The lowest BCUT2D eigenvalue weighted by molar-refractivity contribution is -0.129. The quantitative estimate of drug-likeness (QED) is 0.0913. The number of ether oxygens (including phenoxy) is 2. The van der Waals surface area contributed by atoms with Crippen LogP contribution in [0.25, 0.3) is 38.3 Å². The van der Waals surface area contributed by atoms with Crippen molar-refractivity contribution in [2.45, 2.75) is 25.6 Å². The first kappa shape index (κ1) is 33.1. The van der Waals surface area contributed by atoms with Crippen molar-refractivity contribution in [3.8, 4) is 22.6 Å². The fourth-order valence-corrected chi connectivity index (χ4v) is 7.14. The number of hydrogen-bond acceptors (Lipinski definition) is 9. The summed E-state index contributed by atoms with van der Waals surface area (Å²) in [5, 5.41) is 11.8. The molecule has 2 aliphatic rings. The number of rotatable bonds is 11. The fraction of sp³-hybridized carbons (Fsp3) is 0.324. The second-order valence-corrected chi connectivity index (χ2v) is 12.5. The zero-order valence-electron chi connectivity index (χ0n) is 26.9. The van der Waals surface area contributed by atoms with Gasteiger partial charge in [-0.1, -0.05) is 13.2 Å². The first-order chi connectivity index (χ1) is 23.2. The number of amides is 1. The Bertz CT molecular complexity index is 2020. The van der Waals surface area contributed by atoms with Crippen molar-refractivity contribution >= 4 is 32.9 Å². The van der Waals surface area contributed by atoms with Gasteiger partial charge in [-0.15, -0.1) is 11.3 Å². The zero-order valence-corrected chi connectivity index (χ0v) is 27.7. The van der Waals surface area contributed by atoms with Gasteiger partial charge in [0.2, 0.25) is 5.91 Å². The molecular weight excluding hydrogens is 640 g/mol. The van der Waals surface area contributed by atoms with Gasteiger partial charge in [0.25, 0.3) is 5.56 Å². The Morgan fingerprint density at radius 2 is 2.00 bits per heavy atom. The average molecular weight is 676 g/mol. The lowest BCUT2D eigenvalue weighted by Gasteiger charge is -2.36. The van der Waals surface area contributed by atoms with Crippen LogP contribution in [0.1, 0.15) is 30.3 Å². The Hall–Kier alpha value is -4.79. The molecule has 6 heterocycles. The van der Waals surface area contributed by atoms with Gasteiger partial charge in [-0.2, -0.15) is 10.2 Å². The largest absolute Gasteiger partial charge is 0.491 e. The summed E-state index contributed by atoms with van der Waals surface area (Å²) in [7, 11) is 3.49. The molecule has 1 saturated heterocycles. The Labute approximate surface area is 279 Å². The van der Waals surface area contributed by atoms with Crippen molar-refractivity contribution in [2.75, 3.05) is 47.0 Å². The van der Waals surface area contributed by atoms with E-state index in [2.05, 4.69) is 23.2 Å². The normalized spacial score (nSPS) is 17.4. The highest BCUT2D eigenvalue weighted by molar-refractivity contribution is 7.17. The summed E-state index contributed by atoms with van der Waals surface area (Å²) >= 11 is 1.32. The molecule has 4 aromatic rings. The van der Waals surface area contributed by atoms with E-state index < -0.39 is 5.83 Å². The summed E-state index contributed by atoms with van der Waals surface area (Å²) < 4.78 is 44.3. The topological polar surface area (TPSA) is 108 Å². The molecule has 1 amide bonds. The molecule has 0 spiro atoms. The molecule has 11 nitrogen and oxygen atoms in total. The summed E-state index contributed by atoms with van der Waals surface area (Å²) in [5.74, 6) is -1.19. The average Bonchev–Trinajstić information content (AvgIpc) is 3.72. The minimum absolute atomic E-state index is 0.0154. The lowest BCUT2D eigenvalue weighted by atomic mass is 9.96. The maximum Gasteiger partial charge on any atom is 0.267 e. The van der Waals surface area contributed by atoms with Crippen molar-refractivity contribution < 1.29 is 23.0 Å². The predicted molar refractivity (Wildman–Crippen MR) is 180 cm³/mol. The molecule has 1 atom stereocenters. The molecule has 6 rings (SSSR count). The number of fused-ring (bicyclic) bond motifs is 2. The Morgan fingerprint density at radius 3 is 2.69 bits per heavy atom. The van der Waals surface area contributed by atoms with E-state index >= 15 is 4.39 Å². The van der Waals surface area contributed by atoms with Gasteiger partial charge in [-0.05, 0) is 37.6 Å². The molecule has 0 bridgehead atoms. The van der Waals surface area contributed by atoms with Crippen LogP contribution in [0.3, 0.4) is 0 Å². The third-order valence-corrected chi connectivity index (χ3v) is 9.53. The number of hydrogen-bond donors (Lipinski definition) is 0. The van der Waals surface area contributed by atoms with Crippen molar-refractivity contribution in [3.63, 3.8) is 0 Å². The molecule has 48 heavy (non-hydrogen) atoms. The minimum Gasteiger partial charge on any atom is -0.491 e. The zero-order chi connectivity index (χ0) is 34.1. The second kappa shape index (κ2) is 13.7. The number of methoxy groups -OCH3 is 1. The highest BCUT2D eigenvalue weighted by Crippen LogP contribution is 2.44. The number of allylic oxidation sites excluding steroid dienone is 3. The third-order valence-electron chi connectivity index (χ3n) is 8.60. The van der Waals surface area contributed by atoms with Gasteiger partial charge in [0.1, 0.15) is 29.6 Å². The van der Waals surface area contributed by atoms with Gasteiger partial charge in [-0.25, -0.2) is 18.4 Å². The number of carbonyl (C=O) groups is 1. The lowest BCUT2D eigenvalue weighted by Crippen LogP contribution is -2.48. The van der Waals surface area contributed by atoms with Crippen molar-refractivity contribution in [1.82, 2.24) is 34.3 Å². The van der Waals surface area contributed by atoms with E-state index in [0.717, 1.165) is 18.8 Å². The predicted octanol–water partition coefficient (Wildman–Crippen LogP) is 5.30. The Balaban J connectivity index is 1.59. The number of carbonyl (C=O) groups excluding carboxylic acids is 1. The van der Waals surface area contributed by atoms with Crippen LogP contribution in [0.5, 0.6) is 0 Å². The van der Waals surface area contributed by atoms with E-state index in [1.807, 2.05) is 25.4 Å². The monoisotopic (exact) mass is 675 g/mol. The molecule has 0 N–H and O–H groups in total. The van der Waals surface area contributed by atoms with E-state index in [9.17, 15) is 14.0 Å². The Kier molecular flexibility index (Phi) is 9.49. The summed E-state index contributed by atoms with van der Waals surface area (Å²) in [4.78, 5) is 34.7. The van der Waals surface area contributed by atoms with E-state index in [-0.39, 0.29) is 60.1 Å². The first-order valence-corrected chi connectivity index (χ1v) is 16.2. The van der Waals surface area contributed by atoms with Crippen molar-refractivity contribution in [2.24, 2.45) is 0 Å². The number of pyridine rings is 1. The summed E-state index contributed by atoms with van der Waals surface area (Å²) in [6.45, 7) is 12.1. The highest BCUT2D eigenvalue weighted by Gasteiger charge is 2.32. The van der Waals surface area contributed by atoms with E-state index in [1.165, 1.54) is 35.3 Å². The van der Waals surface area contributed by atoms with Gasteiger partial charge in [-0.3, -0.25) is 14.3 Å². The molecule has 250 valence electrons. The van der Waals surface area contributed by atoms with Crippen LogP contribution >= 0.6 is 11.3 Å². The molecule has 4 aromatic heterocycles. The number of thiophene rings is 1. The molecule has 0 saturated carbocycles. The van der Waals surface area contributed by atoms with Crippen LogP contribution in [-0.4, -0.2) is 87.3 Å². The summed E-state index contributed by atoms with van der Waals surface area (Å²) in [6.07, 6.45) is 3.68. The standard InChI is InChI=1S/C34H35F2N7O4S/c1-6-28(44)41-10-11-42-27(20(41)2)16-26(39-42)33-31(30(25(36)7-9-35)21(3)47-13-12-46-5)34-24(8-14-48-34)32(38-33)22-15-29(45)43(37-17-22)23-18-40(4)19-23/h6-9,14-17,20,23H,1,3,10-13,18-19H2,2,4-5H3/b9-7+,30-25-/t20-/m1/s1. The molecule has 2 aliphatic heterocycles. The number of likely N-dealkylation sites (tertiary alicyclic amines) is 1. The second-order valence-electron chi connectivity index (χ2n) is 11.6. The Morgan fingerprint density at radius 1 is 1.21 bits per heavy atom. The van der Waals surface area contributed by atoms with E-state index in [0.29, 0.717) is 51.8 Å². The maximum atomic E-state index is 16.0. The summed E-state index contributed by atoms with van der Waals surface area (Å²) in [6, 6.07) is 4.79. The molecular formula is C34H35F2N7O4S. The number of halogens is 2. The van der Waals surface area contributed by atoms with E-state index in [1.54, 1.807) is 21.8 Å². The molecule has 0 radical (unpaired) electrons. The highest BCUT2D eigenvalue weighted by atomic mass is 32.1. The number of likely N-dealkylation sites (N-methyl/N-ethyl adjacent to an activating group) is 1. The minimum atomic E-state index is -0.930. The third kappa shape index (κ3) is 6.02.